The molecular weight excluding hydrogens is 879 g/mol. The molecule has 2 saturated heterocycles. The van der Waals surface area contributed by atoms with Crippen LogP contribution < -0.4 is 16.0 Å². The topological polar surface area (TPSA) is 170 Å². The molecule has 0 saturated carbocycles. The first-order chi connectivity index (χ1) is 28.5. The van der Waals surface area contributed by atoms with Crippen LogP contribution in [0.15, 0.2) is 30.3 Å². The number of hydrogen-bond donors (Lipinski definition) is 4. The molecule has 0 aromatic heterocycles. The summed E-state index contributed by atoms with van der Waals surface area (Å²) in [5.41, 5.74) is 0.788. The maximum absolute atomic E-state index is 14.5. The van der Waals surface area contributed by atoms with Crippen LogP contribution in [0.25, 0.3) is 0 Å². The van der Waals surface area contributed by atoms with Crippen LogP contribution in [-0.4, -0.2) is 160 Å². The Morgan fingerprint density at radius 1 is 0.933 bits per heavy atom. The first-order valence-corrected chi connectivity index (χ1v) is 26.5. The van der Waals surface area contributed by atoms with Gasteiger partial charge in [-0.3, -0.25) is 9.59 Å². The van der Waals surface area contributed by atoms with Crippen molar-refractivity contribution in [2.75, 3.05) is 67.8 Å². The number of carbonyl (C=O) groups excluding carboxylic acids is 4. The van der Waals surface area contributed by atoms with Crippen molar-refractivity contribution in [1.82, 2.24) is 30.7 Å². The van der Waals surface area contributed by atoms with E-state index in [1.54, 1.807) is 30.9 Å². The summed E-state index contributed by atoms with van der Waals surface area (Å²) < 4.78 is 15.8. The van der Waals surface area contributed by atoms with E-state index in [4.69, 9.17) is 9.47 Å². The molecule has 0 bridgehead atoms. The van der Waals surface area contributed by atoms with E-state index in [9.17, 15) is 29.1 Å². The second-order valence-corrected chi connectivity index (χ2v) is 23.9. The van der Waals surface area contributed by atoms with Gasteiger partial charge in [0.05, 0.1) is 18.1 Å². The molecule has 1 aromatic rings. The Bertz CT molecular complexity index is 1510. The molecule has 60 heavy (non-hydrogen) atoms. The number of aliphatic carboxylic acids is 1. The van der Waals surface area contributed by atoms with Crippen LogP contribution in [0.5, 0.6) is 0 Å². The van der Waals surface area contributed by atoms with Gasteiger partial charge in [0.1, 0.15) is 6.04 Å². The van der Waals surface area contributed by atoms with Gasteiger partial charge in [-0.2, -0.15) is 0 Å². The molecule has 2 aliphatic heterocycles. The van der Waals surface area contributed by atoms with Crippen LogP contribution >= 0.6 is 19.8 Å². The number of carboxylic acids is 1. The van der Waals surface area contributed by atoms with E-state index >= 15 is 0 Å². The molecule has 4 N–H and O–H groups in total. The van der Waals surface area contributed by atoms with Crippen molar-refractivity contribution in [3.63, 3.8) is 0 Å². The molecule has 3 rings (SSSR count). The van der Waals surface area contributed by atoms with Gasteiger partial charge in [0, 0.05) is 27.2 Å². The summed E-state index contributed by atoms with van der Waals surface area (Å²) in [7, 11) is 6.84. The number of likely N-dealkylation sites (tertiary alicyclic amines) is 1. The normalized spacial score (nSPS) is 20.5. The number of alkyl halides is 3. The number of nitrogens with one attached hydrogen (secondary N) is 3. The molecule has 0 spiro atoms. The fraction of sp³-hybridized carbons (Fsp3) is 0.756. The van der Waals surface area contributed by atoms with Crippen molar-refractivity contribution < 1.29 is 38.6 Å². The second kappa shape index (κ2) is 25.3. The van der Waals surface area contributed by atoms with Crippen LogP contribution in [-0.2, 0) is 39.9 Å². The number of carbonyl (C=O) groups is 5. The molecule has 1 unspecified atom stereocenters. The Balaban J connectivity index is 1.75. The average molecular weight is 957 g/mol. The first-order valence-electron chi connectivity index (χ1n) is 21.9. The molecule has 2 fully saturated rings. The number of amides is 4. The third-order valence-corrected chi connectivity index (χ3v) is 18.7. The fourth-order valence-electron chi connectivity index (χ4n) is 8.84. The van der Waals surface area contributed by atoms with Gasteiger partial charge < -0.3 is 20.1 Å². The number of halogens is 1. The van der Waals surface area contributed by atoms with Gasteiger partial charge in [-0.1, -0.05) is 44.2 Å². The van der Waals surface area contributed by atoms with E-state index in [-0.39, 0.29) is 54.4 Å². The molecule has 0 radical (unpaired) electrons. The number of benzene rings is 1. The molecule has 2 aliphatic rings. The quantitative estimate of drug-likeness (QED) is 0.0881. The first kappa shape index (κ1) is 51.5. The number of methoxy groups -OCH3 is 2. The zero-order valence-electron chi connectivity index (χ0n) is 38.2. The number of rotatable bonds is 24. The van der Waals surface area contributed by atoms with Gasteiger partial charge in [-0.25, -0.2) is 4.79 Å². The summed E-state index contributed by atoms with van der Waals surface area (Å²) >= 11 is -1.02. The Morgan fingerprint density at radius 2 is 1.58 bits per heavy atom. The molecule has 9 atom stereocenters. The van der Waals surface area contributed by atoms with Gasteiger partial charge in [-0.05, 0) is 18.4 Å². The predicted octanol–water partition coefficient (Wildman–Crippen LogP) is 3.93. The van der Waals surface area contributed by atoms with Crippen molar-refractivity contribution in [2.45, 2.75) is 123 Å². The molecule has 1 aromatic carbocycles. The minimum atomic E-state index is -1.13. The molecule has 2 heterocycles. The van der Waals surface area contributed by atoms with Crippen molar-refractivity contribution in [2.24, 2.45) is 23.7 Å². The van der Waals surface area contributed by atoms with Crippen molar-refractivity contribution in [3.8, 4) is 0 Å². The fourth-order valence-corrected chi connectivity index (χ4v) is 14.2. The summed E-state index contributed by atoms with van der Waals surface area (Å²) in [6.07, 6.45) is 0.834. The Labute approximate surface area is 367 Å². The van der Waals surface area contributed by atoms with Crippen molar-refractivity contribution in [1.29, 1.82) is 0 Å². The standard InChI is InChI=1S/C45H77IN6O8/c1-12-31(6)40(51(9)44(56)38(29(2)3)49-43(55)39(30(4)5)50(8)26-22-46-20-23-47-24-21-46)36(59-10)28-37(53)52-25-16-19-35(52)41(60-11)32(7)42(54)48-34(45(57)58)27-33-17-14-13-15-18-33/h13-15,17-18,29-32,34-36,38-41,47H,12,16,19-28H2,1-11H3,(H,48,54)(H,49,55)(H,57,58)/t31-,32+,34-,35-,36+,38-,39-,40-,41?/m0/s1. The Hall–Kier alpha value is -2.86. The summed E-state index contributed by atoms with van der Waals surface area (Å²) in [6, 6.07) is 5.96. The minimum absolute atomic E-state index is 0.00544. The molecule has 4 amide bonds. The van der Waals surface area contributed by atoms with Crippen LogP contribution in [0.4, 0.5) is 0 Å². The third-order valence-electron chi connectivity index (χ3n) is 12.5. The molecule has 14 nitrogen and oxygen atoms in total. The number of likely N-dealkylation sites (N-methyl/N-ethyl adjacent to an activating group) is 2. The molecule has 0 aliphatic carbocycles. The van der Waals surface area contributed by atoms with Crippen LogP contribution in [0.2, 0.25) is 0 Å². The van der Waals surface area contributed by atoms with E-state index < -0.39 is 74.0 Å². The number of carboxylic acid groups (broad SMARTS) is 1. The van der Waals surface area contributed by atoms with Gasteiger partial charge in [-0.15, -0.1) is 0 Å². The van der Waals surface area contributed by atoms with Gasteiger partial charge in [0.15, 0.2) is 0 Å². The average Bonchev–Trinajstić information content (AvgIpc) is 3.71. The van der Waals surface area contributed by atoms with Crippen LogP contribution in [0, 0.1) is 23.7 Å². The van der Waals surface area contributed by atoms with E-state index in [0.29, 0.717) is 19.4 Å². The van der Waals surface area contributed by atoms with Crippen LogP contribution in [0.1, 0.15) is 79.7 Å². The van der Waals surface area contributed by atoms with Crippen molar-refractivity contribution in [3.05, 3.63) is 35.9 Å². The number of hydrogen-bond acceptors (Lipinski definition) is 9. The van der Waals surface area contributed by atoms with Gasteiger partial charge >= 0.3 is 209 Å². The van der Waals surface area contributed by atoms with E-state index in [2.05, 4.69) is 34.7 Å². The SMILES string of the molecule is CC[C@H](C)[C@@H]([C@@H](CC(=O)N1CCC[C@H]1C(OC)[C@@H](C)C(=O)N[C@@H](Cc1ccccc1)C(=O)O)OC)N(C)C(=O)[C@@H](NC(=O)[C@H](C(C)C)N(C)CCI1CCNCC1)C(C)C. The van der Waals surface area contributed by atoms with Crippen molar-refractivity contribution >= 4 is 49.4 Å². The molecule has 15 heteroatoms. The molecular formula is C45H77IN6O8. The van der Waals surface area contributed by atoms with Crippen LogP contribution in [0.3, 0.4) is 0 Å². The summed E-state index contributed by atoms with van der Waals surface area (Å²) in [6.45, 7) is 17.3. The Morgan fingerprint density at radius 3 is 2.13 bits per heavy atom. The van der Waals surface area contributed by atoms with E-state index in [0.717, 1.165) is 31.6 Å². The summed E-state index contributed by atoms with van der Waals surface area (Å²) in [4.78, 5) is 74.2. The zero-order chi connectivity index (χ0) is 44.7. The zero-order valence-corrected chi connectivity index (χ0v) is 40.4. The maximum atomic E-state index is 14.5. The predicted molar refractivity (Wildman–Crippen MR) is 245 cm³/mol. The second-order valence-electron chi connectivity index (χ2n) is 17.5. The van der Waals surface area contributed by atoms with Gasteiger partial charge in [0.25, 0.3) is 0 Å². The third kappa shape index (κ3) is 14.3. The molecule has 342 valence electrons. The van der Waals surface area contributed by atoms with Gasteiger partial charge in [0.2, 0.25) is 11.8 Å². The summed E-state index contributed by atoms with van der Waals surface area (Å²) in [5.74, 6) is -3.08. The Kier molecular flexibility index (Phi) is 21.7. The van der Waals surface area contributed by atoms with E-state index in [1.165, 1.54) is 20.4 Å². The number of nitrogens with zero attached hydrogens (tertiary/aromatic N) is 3. The summed E-state index contributed by atoms with van der Waals surface area (Å²) in [5, 5.41) is 19.2. The number of ether oxygens (including phenoxy) is 2. The van der Waals surface area contributed by atoms with E-state index in [1.807, 2.05) is 65.1 Å². The monoisotopic (exact) mass is 956 g/mol.